The van der Waals surface area contributed by atoms with E-state index in [1.54, 1.807) is 0 Å². The molecular formula is C56H100NO8P. The second-order valence-electron chi connectivity index (χ2n) is 17.7. The van der Waals surface area contributed by atoms with Gasteiger partial charge in [-0.2, -0.15) is 0 Å². The van der Waals surface area contributed by atoms with Crippen molar-refractivity contribution in [1.29, 1.82) is 0 Å². The van der Waals surface area contributed by atoms with Gasteiger partial charge in [0.15, 0.2) is 6.10 Å². The monoisotopic (exact) mass is 946 g/mol. The molecule has 3 N–H and O–H groups in total. The number of unbranched alkanes of at least 4 members (excludes halogenated alkanes) is 25. The summed E-state index contributed by atoms with van der Waals surface area (Å²) in [5.74, 6) is -0.835. The topological polar surface area (TPSA) is 134 Å². The van der Waals surface area contributed by atoms with E-state index in [2.05, 4.69) is 86.8 Å². The Bertz CT molecular complexity index is 1310. The third-order valence-corrected chi connectivity index (χ3v) is 12.3. The van der Waals surface area contributed by atoms with Gasteiger partial charge in [-0.15, -0.1) is 0 Å². The van der Waals surface area contributed by atoms with Gasteiger partial charge >= 0.3 is 19.8 Å². The molecule has 0 aromatic heterocycles. The first-order valence-electron chi connectivity index (χ1n) is 26.9. The van der Waals surface area contributed by atoms with Crippen LogP contribution in [0.1, 0.15) is 239 Å². The third kappa shape index (κ3) is 50.9. The molecule has 0 amide bonds. The standard InChI is InChI=1S/C56H100NO8P/c1-3-5-7-9-11-13-15-17-19-20-21-22-23-24-25-26-27-28-29-30-31-32-33-34-35-37-39-41-43-45-47-49-56(59)65-54(53-64-66(60,61)63-51-50-57)52-62-55(58)48-46-44-42-40-38-36-18-16-14-12-10-8-6-4-2/h5,7,11,13,16-19,21-22,24-25,54H,3-4,6,8-10,12,14-15,20,23,26-53,57H2,1-2H3,(H,60,61)/b7-5-,13-11-,18-16-,19-17-,22-21-,25-24-. The molecule has 0 aliphatic rings. The fourth-order valence-electron chi connectivity index (χ4n) is 7.36. The molecule has 0 fully saturated rings. The number of nitrogens with two attached hydrogens (primary N) is 1. The Labute approximate surface area is 405 Å². The minimum absolute atomic E-state index is 0.0508. The van der Waals surface area contributed by atoms with Crippen molar-refractivity contribution in [3.05, 3.63) is 72.9 Å². The van der Waals surface area contributed by atoms with Crippen LogP contribution in [-0.2, 0) is 32.7 Å². The van der Waals surface area contributed by atoms with Gasteiger partial charge in [-0.3, -0.25) is 18.6 Å². The number of phosphoric acid groups is 1. The molecule has 0 aromatic rings. The number of carbonyl (C=O) groups is 2. The summed E-state index contributed by atoms with van der Waals surface area (Å²) in [6.07, 6.45) is 65.2. The number of phosphoric ester groups is 1. The van der Waals surface area contributed by atoms with Crippen molar-refractivity contribution in [3.63, 3.8) is 0 Å². The van der Waals surface area contributed by atoms with Crippen molar-refractivity contribution in [2.45, 2.75) is 245 Å². The highest BCUT2D eigenvalue weighted by Gasteiger charge is 2.26. The highest BCUT2D eigenvalue weighted by atomic mass is 31.2. The van der Waals surface area contributed by atoms with Crippen LogP contribution in [0, 0.1) is 0 Å². The lowest BCUT2D eigenvalue weighted by Crippen LogP contribution is -2.29. The van der Waals surface area contributed by atoms with E-state index in [-0.39, 0.29) is 38.6 Å². The van der Waals surface area contributed by atoms with Gasteiger partial charge in [0.05, 0.1) is 13.2 Å². The fraction of sp³-hybridized carbons (Fsp3) is 0.750. The highest BCUT2D eigenvalue weighted by Crippen LogP contribution is 2.43. The number of hydrogen-bond acceptors (Lipinski definition) is 8. The Morgan fingerprint density at radius 3 is 1.26 bits per heavy atom. The van der Waals surface area contributed by atoms with E-state index in [9.17, 15) is 19.0 Å². The second-order valence-corrected chi connectivity index (χ2v) is 19.2. The molecule has 0 aromatic carbocycles. The first kappa shape index (κ1) is 63.5. The Balaban J connectivity index is 3.94. The van der Waals surface area contributed by atoms with Crippen molar-refractivity contribution in [1.82, 2.24) is 0 Å². The summed E-state index contributed by atoms with van der Waals surface area (Å²) < 4.78 is 32.9. The molecule has 382 valence electrons. The fourth-order valence-corrected chi connectivity index (χ4v) is 8.13. The number of hydrogen-bond donors (Lipinski definition) is 2. The first-order chi connectivity index (χ1) is 32.3. The van der Waals surface area contributed by atoms with Gasteiger partial charge in [0, 0.05) is 19.4 Å². The Morgan fingerprint density at radius 1 is 0.470 bits per heavy atom. The normalized spacial score (nSPS) is 13.7. The lowest BCUT2D eigenvalue weighted by atomic mass is 10.0. The maximum Gasteiger partial charge on any atom is 0.472 e. The Hall–Kier alpha value is -2.55. The lowest BCUT2D eigenvalue weighted by Gasteiger charge is -2.19. The van der Waals surface area contributed by atoms with Crippen LogP contribution in [0.15, 0.2) is 72.9 Å². The molecule has 0 bridgehead atoms. The maximum absolute atomic E-state index is 12.7. The average Bonchev–Trinajstić information content (AvgIpc) is 3.31. The third-order valence-electron chi connectivity index (χ3n) is 11.3. The second kappa shape index (κ2) is 51.8. The minimum Gasteiger partial charge on any atom is -0.462 e. The number of rotatable bonds is 50. The molecule has 0 spiro atoms. The quantitative estimate of drug-likeness (QED) is 0.0264. The molecule has 10 heteroatoms. The zero-order valence-corrected chi connectivity index (χ0v) is 43.3. The predicted octanol–water partition coefficient (Wildman–Crippen LogP) is 16.6. The summed E-state index contributed by atoms with van der Waals surface area (Å²) in [7, 11) is -4.39. The van der Waals surface area contributed by atoms with E-state index in [1.807, 2.05) is 0 Å². The van der Waals surface area contributed by atoms with Crippen molar-refractivity contribution in [2.75, 3.05) is 26.4 Å². The van der Waals surface area contributed by atoms with Gasteiger partial charge in [0.25, 0.3) is 0 Å². The minimum atomic E-state index is -4.39. The number of carbonyl (C=O) groups excluding carboxylic acids is 2. The summed E-state index contributed by atoms with van der Waals surface area (Å²) >= 11 is 0. The molecule has 0 rings (SSSR count). The zero-order chi connectivity index (χ0) is 48.1. The van der Waals surface area contributed by atoms with Gasteiger partial charge in [-0.25, -0.2) is 4.57 Å². The average molecular weight is 946 g/mol. The molecule has 0 heterocycles. The van der Waals surface area contributed by atoms with Gasteiger partial charge < -0.3 is 20.1 Å². The van der Waals surface area contributed by atoms with Gasteiger partial charge in [0.2, 0.25) is 0 Å². The van der Waals surface area contributed by atoms with Gasteiger partial charge in [-0.05, 0) is 83.5 Å². The van der Waals surface area contributed by atoms with Crippen LogP contribution in [0.2, 0.25) is 0 Å². The van der Waals surface area contributed by atoms with Crippen LogP contribution in [0.3, 0.4) is 0 Å². The van der Waals surface area contributed by atoms with Crippen molar-refractivity contribution in [3.8, 4) is 0 Å². The molecule has 9 nitrogen and oxygen atoms in total. The first-order valence-corrected chi connectivity index (χ1v) is 28.4. The number of allylic oxidation sites excluding steroid dienone is 12. The maximum atomic E-state index is 12.7. The summed E-state index contributed by atoms with van der Waals surface area (Å²) in [5.41, 5.74) is 5.37. The summed E-state index contributed by atoms with van der Waals surface area (Å²) in [5, 5.41) is 0. The van der Waals surface area contributed by atoms with Crippen molar-refractivity contribution in [2.24, 2.45) is 5.73 Å². The Morgan fingerprint density at radius 2 is 0.833 bits per heavy atom. The molecule has 0 saturated heterocycles. The molecule has 0 aliphatic heterocycles. The molecular weight excluding hydrogens is 846 g/mol. The number of esters is 2. The molecule has 2 atom stereocenters. The largest absolute Gasteiger partial charge is 0.472 e. The molecule has 0 radical (unpaired) electrons. The summed E-state index contributed by atoms with van der Waals surface area (Å²) in [4.78, 5) is 35.0. The molecule has 66 heavy (non-hydrogen) atoms. The summed E-state index contributed by atoms with van der Waals surface area (Å²) in [6, 6.07) is 0. The molecule has 2 unspecified atom stereocenters. The van der Waals surface area contributed by atoms with Crippen LogP contribution in [-0.4, -0.2) is 49.3 Å². The predicted molar refractivity (Wildman–Crippen MR) is 279 cm³/mol. The van der Waals surface area contributed by atoms with E-state index < -0.39 is 26.5 Å². The zero-order valence-electron chi connectivity index (χ0n) is 42.4. The summed E-state index contributed by atoms with van der Waals surface area (Å²) in [6.45, 7) is 3.62. The van der Waals surface area contributed by atoms with E-state index in [4.69, 9.17) is 24.3 Å². The van der Waals surface area contributed by atoms with Crippen LogP contribution in [0.25, 0.3) is 0 Å². The van der Waals surface area contributed by atoms with Crippen LogP contribution in [0.4, 0.5) is 0 Å². The van der Waals surface area contributed by atoms with E-state index in [0.717, 1.165) is 89.9 Å². The highest BCUT2D eigenvalue weighted by molar-refractivity contribution is 7.47. The lowest BCUT2D eigenvalue weighted by molar-refractivity contribution is -0.161. The van der Waals surface area contributed by atoms with E-state index in [0.29, 0.717) is 6.42 Å². The van der Waals surface area contributed by atoms with Crippen LogP contribution in [0.5, 0.6) is 0 Å². The Kier molecular flexibility index (Phi) is 49.8. The van der Waals surface area contributed by atoms with Crippen LogP contribution < -0.4 is 5.73 Å². The van der Waals surface area contributed by atoms with Gasteiger partial charge in [0.1, 0.15) is 6.61 Å². The van der Waals surface area contributed by atoms with E-state index >= 15 is 0 Å². The van der Waals surface area contributed by atoms with Crippen molar-refractivity contribution >= 4 is 19.8 Å². The number of ether oxygens (including phenoxy) is 2. The van der Waals surface area contributed by atoms with Crippen molar-refractivity contribution < 1.29 is 37.6 Å². The SMILES string of the molecule is CC/C=C\C/C=C\C/C=C\C/C=C\C/C=C\CCCCCCCCCCCCCCCCCC(=O)OC(COC(=O)CCCCCCC/C=C\CCCCCCC)COP(=O)(O)OCCN. The molecule has 0 saturated carbocycles. The molecule has 0 aliphatic carbocycles. The smallest absolute Gasteiger partial charge is 0.462 e. The van der Waals surface area contributed by atoms with Crippen LogP contribution >= 0.6 is 7.82 Å². The van der Waals surface area contributed by atoms with Gasteiger partial charge in [-0.1, -0.05) is 215 Å². The van der Waals surface area contributed by atoms with E-state index in [1.165, 1.54) is 116 Å².